The second-order valence-electron chi connectivity index (χ2n) is 3.99. The molecule has 126 valence electrons. The molecule has 0 aliphatic rings. The highest BCUT2D eigenvalue weighted by molar-refractivity contribution is 5.58. The first-order chi connectivity index (χ1) is 9.84. The normalized spacial score (nSPS) is 13.4. The Bertz CT molecular complexity index is 509. The van der Waals surface area contributed by atoms with E-state index in [4.69, 9.17) is 0 Å². The van der Waals surface area contributed by atoms with Crippen LogP contribution in [-0.2, 0) is 5.67 Å². The Labute approximate surface area is 117 Å². The van der Waals surface area contributed by atoms with Gasteiger partial charge in [-0.1, -0.05) is 6.07 Å². The van der Waals surface area contributed by atoms with Crippen LogP contribution in [0, 0.1) is 0 Å². The van der Waals surface area contributed by atoms with E-state index in [1.165, 1.54) is 0 Å². The molecule has 1 N–H and O–H groups in total. The van der Waals surface area contributed by atoms with E-state index in [1.54, 1.807) is 0 Å². The predicted molar refractivity (Wildman–Crippen MR) is 57.5 cm³/mol. The number of halogens is 9. The summed E-state index contributed by atoms with van der Waals surface area (Å²) in [6.07, 6.45) is -12.7. The first kappa shape index (κ1) is 18.2. The molecule has 0 saturated carbocycles. The Hall–Kier alpha value is -1.81. The molecule has 0 aliphatic carbocycles. The van der Waals surface area contributed by atoms with Gasteiger partial charge >= 0.3 is 24.6 Å². The smallest absolute Gasteiger partial charge is 0.433 e. The fraction of sp³-hybridized carbons (Fsp3) is 0.455. The molecule has 1 rings (SSSR count). The van der Waals surface area contributed by atoms with Crippen LogP contribution in [0.1, 0.15) is 5.56 Å². The number of anilines is 1. The molecule has 0 saturated heterocycles. The van der Waals surface area contributed by atoms with Crippen LogP contribution < -0.4 is 10.1 Å². The lowest BCUT2D eigenvalue weighted by atomic mass is 9.93. The average molecular weight is 341 g/mol. The fourth-order valence-corrected chi connectivity index (χ4v) is 1.62. The van der Waals surface area contributed by atoms with Crippen LogP contribution in [0.15, 0.2) is 18.2 Å². The molecule has 0 spiro atoms. The van der Waals surface area contributed by atoms with Crippen LogP contribution >= 0.6 is 0 Å². The summed E-state index contributed by atoms with van der Waals surface area (Å²) in [5.74, 6) is -1.05. The van der Waals surface area contributed by atoms with Crippen LogP contribution in [0.25, 0.3) is 0 Å². The molecule has 0 radical (unpaired) electrons. The van der Waals surface area contributed by atoms with E-state index >= 15 is 0 Å². The molecular weight excluding hydrogens is 333 g/mol. The van der Waals surface area contributed by atoms with Crippen molar-refractivity contribution in [3.05, 3.63) is 23.8 Å². The Morgan fingerprint density at radius 2 is 1.45 bits per heavy atom. The van der Waals surface area contributed by atoms with Gasteiger partial charge in [0.05, 0.1) is 5.69 Å². The van der Waals surface area contributed by atoms with Crippen molar-refractivity contribution in [2.45, 2.75) is 24.6 Å². The van der Waals surface area contributed by atoms with Gasteiger partial charge in [-0.3, -0.25) is 0 Å². The minimum Gasteiger partial charge on any atom is -0.433 e. The third-order valence-corrected chi connectivity index (χ3v) is 2.65. The summed E-state index contributed by atoms with van der Waals surface area (Å²) in [6.45, 7) is -3.52. The van der Waals surface area contributed by atoms with E-state index in [0.717, 1.165) is 7.05 Å². The highest BCUT2D eigenvalue weighted by Crippen LogP contribution is 2.54. The summed E-state index contributed by atoms with van der Waals surface area (Å²) in [7, 11) is 1.16. The second-order valence-corrected chi connectivity index (χ2v) is 3.99. The molecule has 0 atom stereocenters. The van der Waals surface area contributed by atoms with Crippen LogP contribution in [0.4, 0.5) is 45.2 Å². The molecule has 0 fully saturated rings. The van der Waals surface area contributed by atoms with Gasteiger partial charge in [-0.15, -0.1) is 0 Å². The first-order valence-electron chi connectivity index (χ1n) is 5.44. The van der Waals surface area contributed by atoms with Gasteiger partial charge in [0.1, 0.15) is 5.75 Å². The molecule has 11 heteroatoms. The van der Waals surface area contributed by atoms with Gasteiger partial charge in [0.2, 0.25) is 0 Å². The molecule has 0 heterocycles. The molecule has 0 aromatic heterocycles. The summed E-state index contributed by atoms with van der Waals surface area (Å²) in [6, 6.07) is 0.684. The molecule has 0 aliphatic heterocycles. The van der Waals surface area contributed by atoms with E-state index < -0.39 is 35.9 Å². The molecule has 2 nitrogen and oxygen atoms in total. The number of benzene rings is 1. The molecule has 22 heavy (non-hydrogen) atoms. The lowest BCUT2D eigenvalue weighted by Crippen LogP contribution is -2.50. The fourth-order valence-electron chi connectivity index (χ4n) is 1.62. The zero-order chi connectivity index (χ0) is 17.3. The van der Waals surface area contributed by atoms with Crippen molar-refractivity contribution in [1.82, 2.24) is 0 Å². The van der Waals surface area contributed by atoms with Gasteiger partial charge in [-0.05, 0) is 12.1 Å². The average Bonchev–Trinajstić information content (AvgIpc) is 2.34. The lowest BCUT2D eigenvalue weighted by Gasteiger charge is -2.30. The van der Waals surface area contributed by atoms with Gasteiger partial charge in [-0.25, -0.2) is 4.39 Å². The first-order valence-corrected chi connectivity index (χ1v) is 5.44. The third-order valence-electron chi connectivity index (χ3n) is 2.65. The zero-order valence-corrected chi connectivity index (χ0v) is 10.6. The number of rotatable bonds is 4. The summed E-state index contributed by atoms with van der Waals surface area (Å²) >= 11 is 0. The van der Waals surface area contributed by atoms with E-state index in [-0.39, 0.29) is 17.8 Å². The van der Waals surface area contributed by atoms with Crippen molar-refractivity contribution in [3.63, 3.8) is 0 Å². The molecule has 1 aromatic carbocycles. The number of ether oxygens (including phenoxy) is 1. The van der Waals surface area contributed by atoms with Crippen molar-refractivity contribution < 1.29 is 44.3 Å². The third kappa shape index (κ3) is 3.17. The second kappa shape index (κ2) is 5.76. The monoisotopic (exact) mass is 341 g/mol. The van der Waals surface area contributed by atoms with E-state index in [0.29, 0.717) is 6.07 Å². The number of hydrogen-bond acceptors (Lipinski definition) is 2. The number of alkyl halides is 9. The maximum Gasteiger partial charge on any atom is 0.435 e. The number of nitrogens with one attached hydrogen (secondary N) is 1. The minimum atomic E-state index is -6.34. The molecule has 0 unspecified atom stereocenters. The van der Waals surface area contributed by atoms with E-state index in [1.807, 2.05) is 0 Å². The summed E-state index contributed by atoms with van der Waals surface area (Å²) < 4.78 is 117. The van der Waals surface area contributed by atoms with Crippen molar-refractivity contribution >= 4 is 5.69 Å². The quantitative estimate of drug-likeness (QED) is 0.807. The van der Waals surface area contributed by atoms with Gasteiger partial charge in [-0.2, -0.15) is 35.1 Å². The highest BCUT2D eigenvalue weighted by atomic mass is 19.4. The largest absolute Gasteiger partial charge is 0.435 e. The highest BCUT2D eigenvalue weighted by Gasteiger charge is 2.73. The van der Waals surface area contributed by atoms with Crippen LogP contribution in [0.3, 0.4) is 0 Å². The summed E-state index contributed by atoms with van der Waals surface area (Å²) in [5, 5.41) is 2.21. The molecule has 0 amide bonds. The Kier molecular flexibility index (Phi) is 4.78. The van der Waals surface area contributed by atoms with Crippen LogP contribution in [0.2, 0.25) is 0 Å². The summed E-state index contributed by atoms with van der Waals surface area (Å²) in [4.78, 5) is 0. The lowest BCUT2D eigenvalue weighted by molar-refractivity contribution is -0.348. The van der Waals surface area contributed by atoms with Gasteiger partial charge < -0.3 is 10.1 Å². The van der Waals surface area contributed by atoms with Crippen molar-refractivity contribution in [1.29, 1.82) is 0 Å². The molecule has 1 aromatic rings. The topological polar surface area (TPSA) is 21.3 Å². The standard InChI is InChI=1S/C11H8F9NO/c1-21-6-3-2-5(4-7(6)22-8(12)13)9(14,10(15,16)17)11(18,19)20/h2-4,8,21H,1H3. The van der Waals surface area contributed by atoms with E-state index in [9.17, 15) is 39.5 Å². The zero-order valence-electron chi connectivity index (χ0n) is 10.6. The van der Waals surface area contributed by atoms with Crippen molar-refractivity contribution in [3.8, 4) is 5.75 Å². The maximum absolute atomic E-state index is 13.8. The van der Waals surface area contributed by atoms with Crippen molar-refractivity contribution in [2.75, 3.05) is 12.4 Å². The molecular formula is C11H8F9NO. The maximum atomic E-state index is 13.8. The van der Waals surface area contributed by atoms with Crippen LogP contribution in [-0.4, -0.2) is 26.0 Å². The molecule has 0 bridgehead atoms. The SMILES string of the molecule is CNc1ccc(C(F)(C(F)(F)F)C(F)(F)F)cc1OC(F)F. The van der Waals surface area contributed by atoms with Crippen LogP contribution in [0.5, 0.6) is 5.75 Å². The van der Waals surface area contributed by atoms with E-state index in [2.05, 4.69) is 10.1 Å². The number of hydrogen-bond donors (Lipinski definition) is 1. The Morgan fingerprint density at radius 3 is 1.82 bits per heavy atom. The Balaban J connectivity index is 3.52. The summed E-state index contributed by atoms with van der Waals surface area (Å²) in [5.41, 5.74) is -7.97. The Morgan fingerprint density at radius 1 is 0.955 bits per heavy atom. The predicted octanol–water partition coefficient (Wildman–Crippen LogP) is 4.62. The minimum absolute atomic E-state index is 0.0705. The van der Waals surface area contributed by atoms with Crippen molar-refractivity contribution in [2.24, 2.45) is 0 Å². The van der Waals surface area contributed by atoms with Gasteiger partial charge in [0, 0.05) is 12.6 Å². The van der Waals surface area contributed by atoms with Gasteiger partial charge in [0.25, 0.3) is 0 Å². The van der Waals surface area contributed by atoms with Gasteiger partial charge in [0.15, 0.2) is 0 Å².